The van der Waals surface area contributed by atoms with Gasteiger partial charge >= 0.3 is 5.97 Å². The lowest BCUT2D eigenvalue weighted by molar-refractivity contribution is -0.115. The molecule has 6 nitrogen and oxygen atoms in total. The number of methoxy groups -OCH3 is 2. The van der Waals surface area contributed by atoms with Crippen LogP contribution in [0, 0.1) is 5.82 Å². The van der Waals surface area contributed by atoms with Crippen LogP contribution in [0.25, 0.3) is 0 Å². The number of halogens is 2. The molecule has 25 heavy (non-hydrogen) atoms. The Hall–Kier alpha value is -2.80. The Bertz CT molecular complexity index is 805. The van der Waals surface area contributed by atoms with Gasteiger partial charge in [0.2, 0.25) is 5.91 Å². The molecule has 0 aliphatic rings. The Kier molecular flexibility index (Phi) is 5.82. The maximum Gasteiger partial charge on any atom is 0.335 e. The Morgan fingerprint density at radius 2 is 1.96 bits per heavy atom. The largest absolute Gasteiger partial charge is 0.493 e. The van der Waals surface area contributed by atoms with Gasteiger partial charge in [0.05, 0.1) is 31.9 Å². The van der Waals surface area contributed by atoms with E-state index in [1.54, 1.807) is 0 Å². The highest BCUT2D eigenvalue weighted by molar-refractivity contribution is 6.31. The van der Waals surface area contributed by atoms with Crippen LogP contribution in [0.3, 0.4) is 0 Å². The maximum absolute atomic E-state index is 13.8. The van der Waals surface area contributed by atoms with Crippen molar-refractivity contribution in [1.82, 2.24) is 0 Å². The molecule has 8 heteroatoms. The molecule has 0 fully saturated rings. The molecule has 2 aromatic carbocycles. The lowest BCUT2D eigenvalue weighted by atomic mass is 10.1. The number of carbonyl (C=O) groups is 2. The van der Waals surface area contributed by atoms with Crippen LogP contribution in [-0.4, -0.2) is 31.2 Å². The summed E-state index contributed by atoms with van der Waals surface area (Å²) in [5.41, 5.74) is 0.0376. The molecule has 0 radical (unpaired) electrons. The van der Waals surface area contributed by atoms with Gasteiger partial charge in [0.15, 0.2) is 11.5 Å². The summed E-state index contributed by atoms with van der Waals surface area (Å²) in [6.45, 7) is 0. The van der Waals surface area contributed by atoms with Crippen molar-refractivity contribution in [2.24, 2.45) is 0 Å². The van der Waals surface area contributed by atoms with Crippen LogP contribution in [0.4, 0.5) is 10.1 Å². The third-order valence-corrected chi connectivity index (χ3v) is 3.75. The molecule has 0 saturated carbocycles. The lowest BCUT2D eigenvalue weighted by Crippen LogP contribution is -2.17. The van der Waals surface area contributed by atoms with Gasteiger partial charge in [-0.05, 0) is 24.3 Å². The fourth-order valence-electron chi connectivity index (χ4n) is 2.24. The Labute approximate surface area is 148 Å². The molecule has 0 atom stereocenters. The van der Waals surface area contributed by atoms with Gasteiger partial charge in [-0.25, -0.2) is 9.18 Å². The van der Waals surface area contributed by atoms with E-state index in [0.717, 1.165) is 0 Å². The molecule has 0 bridgehead atoms. The summed E-state index contributed by atoms with van der Waals surface area (Å²) in [6, 6.07) is 6.60. The maximum atomic E-state index is 13.8. The second-order valence-corrected chi connectivity index (χ2v) is 5.40. The van der Waals surface area contributed by atoms with E-state index in [1.165, 1.54) is 44.6 Å². The second kappa shape index (κ2) is 7.85. The minimum absolute atomic E-state index is 0.0435. The summed E-state index contributed by atoms with van der Waals surface area (Å²) < 4.78 is 24.0. The van der Waals surface area contributed by atoms with E-state index >= 15 is 0 Å². The number of carbonyl (C=O) groups excluding carboxylic acids is 1. The second-order valence-electron chi connectivity index (χ2n) is 4.99. The highest BCUT2D eigenvalue weighted by Crippen LogP contribution is 2.36. The van der Waals surface area contributed by atoms with Crippen molar-refractivity contribution in [2.45, 2.75) is 6.42 Å². The summed E-state index contributed by atoms with van der Waals surface area (Å²) in [4.78, 5) is 23.5. The SMILES string of the molecule is COc1cc(C(=O)O)cc(NC(=O)Cc2c(F)cccc2Cl)c1OC. The van der Waals surface area contributed by atoms with Crippen LogP contribution >= 0.6 is 11.6 Å². The molecule has 2 aromatic rings. The van der Waals surface area contributed by atoms with E-state index in [1.807, 2.05) is 0 Å². The lowest BCUT2D eigenvalue weighted by Gasteiger charge is -2.15. The standard InChI is InChI=1S/C17H15ClFNO5/c1-24-14-7-9(17(22)23)6-13(16(14)25-2)20-15(21)8-10-11(18)4-3-5-12(10)19/h3-7H,8H2,1-2H3,(H,20,21)(H,22,23). The molecule has 2 N–H and O–H groups in total. The van der Waals surface area contributed by atoms with Gasteiger partial charge in [-0.15, -0.1) is 0 Å². The van der Waals surface area contributed by atoms with Crippen molar-refractivity contribution in [3.63, 3.8) is 0 Å². The summed E-state index contributed by atoms with van der Waals surface area (Å²) in [5, 5.41) is 11.8. The molecule has 0 heterocycles. The number of benzene rings is 2. The van der Waals surface area contributed by atoms with Crippen molar-refractivity contribution in [2.75, 3.05) is 19.5 Å². The number of aromatic carboxylic acids is 1. The van der Waals surface area contributed by atoms with Gasteiger partial charge in [0.1, 0.15) is 5.82 Å². The van der Waals surface area contributed by atoms with Gasteiger partial charge in [-0.3, -0.25) is 4.79 Å². The van der Waals surface area contributed by atoms with E-state index in [-0.39, 0.29) is 39.8 Å². The van der Waals surface area contributed by atoms with Gasteiger partial charge in [0, 0.05) is 10.6 Å². The minimum atomic E-state index is -1.20. The van der Waals surface area contributed by atoms with E-state index in [9.17, 15) is 14.0 Å². The van der Waals surface area contributed by atoms with Crippen LogP contribution in [0.2, 0.25) is 5.02 Å². The molecular weight excluding hydrogens is 353 g/mol. The van der Waals surface area contributed by atoms with Crippen LogP contribution in [0.15, 0.2) is 30.3 Å². The first-order valence-corrected chi connectivity index (χ1v) is 7.47. The van der Waals surface area contributed by atoms with Crippen molar-refractivity contribution in [3.05, 3.63) is 52.3 Å². The Morgan fingerprint density at radius 3 is 2.52 bits per heavy atom. The van der Waals surface area contributed by atoms with Gasteiger partial charge in [-0.1, -0.05) is 17.7 Å². The van der Waals surface area contributed by atoms with Crippen molar-refractivity contribution >= 4 is 29.2 Å². The average molecular weight is 368 g/mol. The predicted octanol–water partition coefficient (Wildman–Crippen LogP) is 3.38. The van der Waals surface area contributed by atoms with Crippen LogP contribution in [-0.2, 0) is 11.2 Å². The molecule has 0 saturated heterocycles. The summed E-state index contributed by atoms with van der Waals surface area (Å²) in [5.74, 6) is -2.10. The number of carboxylic acid groups (broad SMARTS) is 1. The smallest absolute Gasteiger partial charge is 0.335 e. The summed E-state index contributed by atoms with van der Waals surface area (Å²) >= 11 is 5.91. The number of nitrogens with one attached hydrogen (secondary N) is 1. The van der Waals surface area contributed by atoms with Crippen molar-refractivity contribution < 1.29 is 28.6 Å². The van der Waals surface area contributed by atoms with Crippen LogP contribution in [0.1, 0.15) is 15.9 Å². The van der Waals surface area contributed by atoms with Crippen LogP contribution in [0.5, 0.6) is 11.5 Å². The number of anilines is 1. The number of amides is 1. The Morgan fingerprint density at radius 1 is 1.24 bits per heavy atom. The third-order valence-electron chi connectivity index (χ3n) is 3.40. The number of hydrogen-bond donors (Lipinski definition) is 2. The van der Waals surface area contributed by atoms with E-state index in [4.69, 9.17) is 26.2 Å². The van der Waals surface area contributed by atoms with Crippen LogP contribution < -0.4 is 14.8 Å². The minimum Gasteiger partial charge on any atom is -0.493 e. The Balaban J connectivity index is 2.33. The molecule has 0 aromatic heterocycles. The molecule has 0 aliphatic carbocycles. The molecular formula is C17H15ClFNO5. The molecule has 1 amide bonds. The zero-order chi connectivity index (χ0) is 18.6. The van der Waals surface area contributed by atoms with Gasteiger partial charge in [0.25, 0.3) is 0 Å². The normalized spacial score (nSPS) is 10.2. The summed E-state index contributed by atoms with van der Waals surface area (Å²) in [6.07, 6.45) is -0.325. The van der Waals surface area contributed by atoms with Gasteiger partial charge in [-0.2, -0.15) is 0 Å². The predicted molar refractivity (Wildman–Crippen MR) is 90.2 cm³/mol. The van der Waals surface area contributed by atoms with Crippen molar-refractivity contribution in [3.8, 4) is 11.5 Å². The first kappa shape index (κ1) is 18.5. The van der Waals surface area contributed by atoms with Crippen molar-refractivity contribution in [1.29, 1.82) is 0 Å². The first-order valence-electron chi connectivity index (χ1n) is 7.09. The molecule has 0 unspecified atom stereocenters. The fourth-order valence-corrected chi connectivity index (χ4v) is 2.47. The number of rotatable bonds is 6. The molecule has 132 valence electrons. The fraction of sp³-hybridized carbons (Fsp3) is 0.176. The topological polar surface area (TPSA) is 84.9 Å². The molecule has 0 aliphatic heterocycles. The van der Waals surface area contributed by atoms with E-state index < -0.39 is 17.7 Å². The summed E-state index contributed by atoms with van der Waals surface area (Å²) in [7, 11) is 2.69. The van der Waals surface area contributed by atoms with E-state index in [0.29, 0.717) is 0 Å². The highest BCUT2D eigenvalue weighted by atomic mass is 35.5. The molecule has 2 rings (SSSR count). The quantitative estimate of drug-likeness (QED) is 0.817. The monoisotopic (exact) mass is 367 g/mol. The average Bonchev–Trinajstić information content (AvgIpc) is 2.57. The van der Waals surface area contributed by atoms with E-state index in [2.05, 4.69) is 5.32 Å². The highest BCUT2D eigenvalue weighted by Gasteiger charge is 2.19. The number of ether oxygens (including phenoxy) is 2. The number of hydrogen-bond acceptors (Lipinski definition) is 4. The van der Waals surface area contributed by atoms with Gasteiger partial charge < -0.3 is 19.9 Å². The third kappa shape index (κ3) is 4.19. The zero-order valence-corrected chi connectivity index (χ0v) is 14.2. The zero-order valence-electron chi connectivity index (χ0n) is 13.4. The first-order chi connectivity index (χ1) is 11.9. The number of carboxylic acids is 1. The molecule has 0 spiro atoms.